The van der Waals surface area contributed by atoms with E-state index in [9.17, 15) is 22.8 Å². The van der Waals surface area contributed by atoms with E-state index in [1.807, 2.05) is 4.90 Å². The minimum Gasteiger partial charge on any atom is -0.399 e. The number of hydrogen-bond donors (Lipinski definition) is 3. The molecule has 1 aliphatic rings. The first-order valence-corrected chi connectivity index (χ1v) is 11.5. The lowest BCUT2D eigenvalue weighted by Gasteiger charge is -2.22. The minimum absolute atomic E-state index is 0.00430. The van der Waals surface area contributed by atoms with Crippen molar-refractivity contribution in [3.8, 4) is 0 Å². The van der Waals surface area contributed by atoms with E-state index in [0.29, 0.717) is 53.4 Å². The normalized spacial score (nSPS) is 16.9. The lowest BCUT2D eigenvalue weighted by atomic mass is 10.0. The average molecular weight is 504 g/mol. The summed E-state index contributed by atoms with van der Waals surface area (Å²) in [6, 6.07) is 4.48. The predicted molar refractivity (Wildman–Crippen MR) is 132 cm³/mol. The molecule has 4 rings (SSSR count). The number of aryl methyl sites for hydroxylation is 2. The number of hydrogen-bond acceptors (Lipinski definition) is 7. The van der Waals surface area contributed by atoms with Crippen molar-refractivity contribution in [2.24, 2.45) is 7.05 Å². The number of anilines is 3. The molecule has 0 radical (unpaired) electrons. The molecule has 1 aliphatic heterocycles. The van der Waals surface area contributed by atoms with Gasteiger partial charge in [-0.15, -0.1) is 0 Å². The van der Waals surface area contributed by atoms with Crippen molar-refractivity contribution in [1.29, 1.82) is 0 Å². The summed E-state index contributed by atoms with van der Waals surface area (Å²) in [4.78, 5) is 35.4. The van der Waals surface area contributed by atoms with E-state index in [1.165, 1.54) is 17.6 Å². The number of aromatic nitrogens is 3. The lowest BCUT2D eigenvalue weighted by Crippen LogP contribution is -2.37. The number of benzene rings is 1. The molecule has 0 saturated carbocycles. The van der Waals surface area contributed by atoms with Gasteiger partial charge in [0.15, 0.2) is 0 Å². The van der Waals surface area contributed by atoms with Gasteiger partial charge in [0.05, 0.1) is 17.0 Å². The van der Waals surface area contributed by atoms with E-state index in [1.54, 1.807) is 27.0 Å². The summed E-state index contributed by atoms with van der Waals surface area (Å²) < 4.78 is 41.4. The lowest BCUT2D eigenvalue weighted by molar-refractivity contribution is -0.137. The Morgan fingerprint density at radius 3 is 2.61 bits per heavy atom. The van der Waals surface area contributed by atoms with Crippen LogP contribution in [0.5, 0.6) is 0 Å². The molecular weight excluding hydrogens is 475 g/mol. The molecule has 1 aromatic carbocycles. The number of pyridine rings is 1. The number of amides is 1. The zero-order chi connectivity index (χ0) is 26.4. The largest absolute Gasteiger partial charge is 0.416 e. The first-order valence-electron chi connectivity index (χ1n) is 11.5. The van der Waals surface area contributed by atoms with Gasteiger partial charge in [0, 0.05) is 38.8 Å². The number of nitrogens with zero attached hydrogens (tertiary/aromatic N) is 4. The van der Waals surface area contributed by atoms with Crippen LogP contribution in [0, 0.1) is 6.92 Å². The van der Waals surface area contributed by atoms with Crippen LogP contribution in [0.1, 0.15) is 43.3 Å². The van der Waals surface area contributed by atoms with Gasteiger partial charge in [-0.25, -0.2) is 9.97 Å². The number of fused-ring (bicyclic) bond motifs is 1. The van der Waals surface area contributed by atoms with Crippen molar-refractivity contribution in [3.05, 3.63) is 51.6 Å². The van der Waals surface area contributed by atoms with Crippen molar-refractivity contribution >= 4 is 34.1 Å². The summed E-state index contributed by atoms with van der Waals surface area (Å²) in [6.07, 6.45) is -3.83. The van der Waals surface area contributed by atoms with Gasteiger partial charge in [-0.2, -0.15) is 13.2 Å². The minimum atomic E-state index is -4.53. The third kappa shape index (κ3) is 5.07. The maximum absolute atomic E-state index is 13.3. The zero-order valence-electron chi connectivity index (χ0n) is 20.4. The van der Waals surface area contributed by atoms with Crippen LogP contribution in [0.4, 0.5) is 30.4 Å². The number of nitrogens with two attached hydrogens (primary N) is 1. The number of alkyl halides is 3. The second-order valence-corrected chi connectivity index (χ2v) is 9.13. The van der Waals surface area contributed by atoms with Gasteiger partial charge in [-0.05, 0) is 50.1 Å². The van der Waals surface area contributed by atoms with Crippen LogP contribution in [-0.4, -0.2) is 39.6 Å². The smallest absolute Gasteiger partial charge is 0.399 e. The monoisotopic (exact) mass is 503 g/mol. The molecule has 12 heteroatoms. The van der Waals surface area contributed by atoms with Crippen molar-refractivity contribution in [2.75, 3.05) is 29.0 Å². The van der Waals surface area contributed by atoms with Crippen LogP contribution in [-0.2, 0) is 18.0 Å². The van der Waals surface area contributed by atoms with Gasteiger partial charge in [0.2, 0.25) is 5.91 Å². The highest BCUT2D eigenvalue weighted by atomic mass is 19.4. The second kappa shape index (κ2) is 9.32. The molecule has 1 fully saturated rings. The van der Waals surface area contributed by atoms with E-state index >= 15 is 0 Å². The summed E-state index contributed by atoms with van der Waals surface area (Å²) in [5.74, 6) is 0.652. The van der Waals surface area contributed by atoms with Crippen molar-refractivity contribution in [1.82, 2.24) is 19.9 Å². The molecule has 1 amide bonds. The Labute approximate surface area is 205 Å². The summed E-state index contributed by atoms with van der Waals surface area (Å²) in [5, 5.41) is 6.61. The number of nitrogens with one attached hydrogen (secondary N) is 2. The standard InChI is InChI=1S/C24H28F3N7O2/c1-12(15-7-16(24(25,26)27)9-17(28)8-15)29-21-19-10-20(34-6-5-18(11-34)32-14(3)35)23(36)33(4)22(19)31-13(2)30-21/h7-10,12,18H,5-6,11,28H2,1-4H3,(H,32,35)(H,29,30,31)/t12-,18-/m1/s1. The van der Waals surface area contributed by atoms with Gasteiger partial charge in [0.25, 0.3) is 5.56 Å². The maximum Gasteiger partial charge on any atom is 0.416 e. The molecule has 9 nitrogen and oxygen atoms in total. The van der Waals surface area contributed by atoms with Gasteiger partial charge in [-0.1, -0.05) is 0 Å². The van der Waals surface area contributed by atoms with Crippen LogP contribution in [0.3, 0.4) is 0 Å². The van der Waals surface area contributed by atoms with E-state index in [-0.39, 0.29) is 23.2 Å². The van der Waals surface area contributed by atoms with Crippen LogP contribution in [0.2, 0.25) is 0 Å². The van der Waals surface area contributed by atoms with E-state index < -0.39 is 17.8 Å². The van der Waals surface area contributed by atoms with Gasteiger partial charge < -0.3 is 21.3 Å². The first kappa shape index (κ1) is 25.3. The fraction of sp³-hybridized carbons (Fsp3) is 0.417. The number of nitrogen functional groups attached to an aromatic ring is 1. The molecule has 1 saturated heterocycles. The molecule has 0 bridgehead atoms. The molecule has 0 unspecified atom stereocenters. The Bertz CT molecular complexity index is 1390. The molecule has 4 N–H and O–H groups in total. The summed E-state index contributed by atoms with van der Waals surface area (Å²) in [6.45, 7) is 5.90. The Hall–Kier alpha value is -3.83. The molecule has 2 atom stereocenters. The van der Waals surface area contributed by atoms with Crippen LogP contribution >= 0.6 is 0 Å². The fourth-order valence-corrected chi connectivity index (χ4v) is 4.52. The molecular formula is C24H28F3N7O2. The van der Waals surface area contributed by atoms with Crippen LogP contribution in [0.15, 0.2) is 29.1 Å². The van der Waals surface area contributed by atoms with Crippen LogP contribution in [0.25, 0.3) is 11.0 Å². The maximum atomic E-state index is 13.3. The highest BCUT2D eigenvalue weighted by Crippen LogP contribution is 2.34. The molecule has 192 valence electrons. The summed E-state index contributed by atoms with van der Waals surface area (Å²) in [5.41, 5.74) is 5.85. The first-order chi connectivity index (χ1) is 16.8. The summed E-state index contributed by atoms with van der Waals surface area (Å²) >= 11 is 0. The number of halogens is 3. The number of carbonyl (C=O) groups excluding carboxylic acids is 1. The quantitative estimate of drug-likeness (QED) is 0.458. The summed E-state index contributed by atoms with van der Waals surface area (Å²) in [7, 11) is 1.61. The fourth-order valence-electron chi connectivity index (χ4n) is 4.52. The van der Waals surface area contributed by atoms with Gasteiger partial charge >= 0.3 is 6.18 Å². The Kier molecular flexibility index (Phi) is 6.54. The molecule has 0 spiro atoms. The molecule has 0 aliphatic carbocycles. The van der Waals surface area contributed by atoms with E-state index in [2.05, 4.69) is 20.6 Å². The third-order valence-electron chi connectivity index (χ3n) is 6.25. The van der Waals surface area contributed by atoms with Crippen molar-refractivity contribution in [3.63, 3.8) is 0 Å². The molecule has 3 heterocycles. The molecule has 2 aromatic heterocycles. The number of carbonyl (C=O) groups is 1. The highest BCUT2D eigenvalue weighted by Gasteiger charge is 2.32. The van der Waals surface area contributed by atoms with Crippen molar-refractivity contribution in [2.45, 2.75) is 45.5 Å². The van der Waals surface area contributed by atoms with Crippen LogP contribution < -0.4 is 26.8 Å². The second-order valence-electron chi connectivity index (χ2n) is 9.13. The number of rotatable bonds is 5. The Balaban J connectivity index is 1.74. The SMILES string of the molecule is CC(=O)N[C@@H]1CCN(c2cc3c(N[C@H](C)c4cc(N)cc(C(F)(F)F)c4)nc(C)nc3n(C)c2=O)C1. The topological polar surface area (TPSA) is 118 Å². The van der Waals surface area contributed by atoms with Gasteiger partial charge in [-0.3, -0.25) is 14.2 Å². The third-order valence-corrected chi connectivity index (χ3v) is 6.25. The van der Waals surface area contributed by atoms with E-state index in [0.717, 1.165) is 12.1 Å². The van der Waals surface area contributed by atoms with E-state index in [4.69, 9.17) is 5.73 Å². The molecule has 36 heavy (non-hydrogen) atoms. The Morgan fingerprint density at radius 2 is 1.94 bits per heavy atom. The van der Waals surface area contributed by atoms with Crippen molar-refractivity contribution < 1.29 is 18.0 Å². The predicted octanol–water partition coefficient (Wildman–Crippen LogP) is 3.13. The average Bonchev–Trinajstić information content (AvgIpc) is 3.23. The zero-order valence-corrected chi connectivity index (χ0v) is 20.4. The van der Waals surface area contributed by atoms with Gasteiger partial charge in [0.1, 0.15) is 23.0 Å². The highest BCUT2D eigenvalue weighted by molar-refractivity contribution is 5.89. The molecule has 3 aromatic rings. The Morgan fingerprint density at radius 1 is 1.22 bits per heavy atom.